The van der Waals surface area contributed by atoms with Gasteiger partial charge in [0.15, 0.2) is 0 Å². The average Bonchev–Trinajstić information content (AvgIpc) is 2.92. The molecular formula is C29H36N2O6S. The molecular weight excluding hydrogens is 504 g/mol. The van der Waals surface area contributed by atoms with Gasteiger partial charge in [0.2, 0.25) is 10.0 Å². The number of rotatable bonds is 13. The Hall–Kier alpha value is -3.40. The van der Waals surface area contributed by atoms with E-state index >= 15 is 0 Å². The highest BCUT2D eigenvalue weighted by Crippen LogP contribution is 2.22. The summed E-state index contributed by atoms with van der Waals surface area (Å²) in [7, 11) is -2.44. The number of carbonyl (C=O) groups excluding carboxylic acids is 1. The van der Waals surface area contributed by atoms with E-state index in [1.165, 1.54) is 35.7 Å². The number of ether oxygens (including phenoxy) is 1. The van der Waals surface area contributed by atoms with Crippen molar-refractivity contribution in [2.75, 3.05) is 20.2 Å². The summed E-state index contributed by atoms with van der Waals surface area (Å²) in [5.74, 6) is 0.0511. The number of methoxy groups -OCH3 is 1. The topological polar surface area (TPSA) is 116 Å². The van der Waals surface area contributed by atoms with E-state index in [0.717, 1.165) is 12.0 Å². The first-order valence-corrected chi connectivity index (χ1v) is 14.0. The number of phenols is 1. The lowest BCUT2D eigenvalue weighted by atomic mass is 10.00. The fourth-order valence-corrected chi connectivity index (χ4v) is 5.61. The molecule has 0 aliphatic heterocycles. The fraction of sp³-hybridized carbons (Fsp3) is 0.345. The predicted molar refractivity (Wildman–Crippen MR) is 147 cm³/mol. The smallest absolute Gasteiger partial charge is 0.251 e. The summed E-state index contributed by atoms with van der Waals surface area (Å²) >= 11 is 0. The molecule has 1 amide bonds. The zero-order valence-electron chi connectivity index (χ0n) is 21.9. The fourth-order valence-electron chi connectivity index (χ4n) is 4.03. The van der Waals surface area contributed by atoms with E-state index in [0.29, 0.717) is 5.75 Å². The summed E-state index contributed by atoms with van der Waals surface area (Å²) in [6.45, 7) is 3.93. The van der Waals surface area contributed by atoms with Crippen molar-refractivity contribution in [3.05, 3.63) is 90.0 Å². The number of hydrogen-bond donors (Lipinski definition) is 3. The maximum absolute atomic E-state index is 13.6. The van der Waals surface area contributed by atoms with Crippen molar-refractivity contribution in [1.82, 2.24) is 9.62 Å². The Balaban J connectivity index is 1.90. The van der Waals surface area contributed by atoms with Gasteiger partial charge in [-0.25, -0.2) is 8.42 Å². The van der Waals surface area contributed by atoms with E-state index < -0.39 is 28.1 Å². The van der Waals surface area contributed by atoms with Gasteiger partial charge in [-0.1, -0.05) is 56.7 Å². The standard InChI is InChI=1S/C29H36N2O6S/c1-4-21(2)19-31(38(35,36)26-15-13-25(37-3)14-16-26)20-28(33)27(17-22-9-6-5-7-10-22)30-29(34)23-11-8-12-24(32)18-23/h5-16,18,21,27-28,32-33H,4,17,19-20H2,1-3H3,(H,30,34)/t21-,27+,28-/m1/s1. The van der Waals surface area contributed by atoms with Crippen molar-refractivity contribution in [1.29, 1.82) is 0 Å². The molecule has 0 aliphatic rings. The van der Waals surface area contributed by atoms with E-state index in [4.69, 9.17) is 4.74 Å². The number of nitrogens with one attached hydrogen (secondary N) is 1. The van der Waals surface area contributed by atoms with Crippen LogP contribution in [0.5, 0.6) is 11.5 Å². The molecule has 0 aromatic heterocycles. The van der Waals surface area contributed by atoms with E-state index in [1.807, 2.05) is 44.2 Å². The third kappa shape index (κ3) is 7.80. The number of aromatic hydroxyl groups is 1. The number of amides is 1. The van der Waals surface area contributed by atoms with Crippen LogP contribution in [-0.4, -0.2) is 61.2 Å². The Labute approximate surface area is 224 Å². The Morgan fingerprint density at radius 2 is 1.68 bits per heavy atom. The Bertz CT molecular complexity index is 1280. The second-order valence-corrected chi connectivity index (χ2v) is 11.3. The van der Waals surface area contributed by atoms with Gasteiger partial charge in [0.1, 0.15) is 11.5 Å². The molecule has 3 rings (SSSR count). The molecule has 3 N–H and O–H groups in total. The minimum absolute atomic E-state index is 0.0460. The van der Waals surface area contributed by atoms with Crippen LogP contribution in [-0.2, 0) is 16.4 Å². The number of sulfonamides is 1. The molecule has 0 unspecified atom stereocenters. The predicted octanol–water partition coefficient (Wildman–Crippen LogP) is 3.84. The summed E-state index contributed by atoms with van der Waals surface area (Å²) in [6.07, 6.45) is -0.174. The van der Waals surface area contributed by atoms with Crippen LogP contribution in [0.3, 0.4) is 0 Å². The van der Waals surface area contributed by atoms with Gasteiger partial charge in [0.05, 0.1) is 24.2 Å². The van der Waals surface area contributed by atoms with Crippen LogP contribution in [0.2, 0.25) is 0 Å². The molecule has 0 radical (unpaired) electrons. The Morgan fingerprint density at radius 3 is 2.29 bits per heavy atom. The molecule has 0 aliphatic carbocycles. The highest BCUT2D eigenvalue weighted by atomic mass is 32.2. The van der Waals surface area contributed by atoms with E-state index in [2.05, 4.69) is 5.32 Å². The van der Waals surface area contributed by atoms with E-state index in [-0.39, 0.29) is 41.6 Å². The zero-order chi connectivity index (χ0) is 27.7. The normalized spacial score (nSPS) is 14.0. The minimum atomic E-state index is -3.95. The second-order valence-electron chi connectivity index (χ2n) is 9.40. The maximum atomic E-state index is 13.6. The van der Waals surface area contributed by atoms with Crippen LogP contribution in [0.15, 0.2) is 83.8 Å². The van der Waals surface area contributed by atoms with Crippen LogP contribution < -0.4 is 10.1 Å². The van der Waals surface area contributed by atoms with Gasteiger partial charge >= 0.3 is 0 Å². The average molecular weight is 541 g/mol. The zero-order valence-corrected chi connectivity index (χ0v) is 22.8. The number of nitrogens with zero attached hydrogens (tertiary/aromatic N) is 1. The Kier molecular flexibility index (Phi) is 10.3. The van der Waals surface area contributed by atoms with Crippen molar-refractivity contribution in [3.63, 3.8) is 0 Å². The molecule has 0 fully saturated rings. The summed E-state index contributed by atoms with van der Waals surface area (Å²) in [5, 5.41) is 24.0. The molecule has 38 heavy (non-hydrogen) atoms. The molecule has 0 saturated heterocycles. The van der Waals surface area contributed by atoms with Crippen molar-refractivity contribution in [2.45, 2.75) is 43.7 Å². The molecule has 3 atom stereocenters. The first-order valence-electron chi connectivity index (χ1n) is 12.6. The summed E-state index contributed by atoms with van der Waals surface area (Å²) in [4.78, 5) is 13.1. The van der Waals surface area contributed by atoms with E-state index in [9.17, 15) is 23.4 Å². The highest BCUT2D eigenvalue weighted by Gasteiger charge is 2.32. The number of phenolic OH excluding ortho intramolecular Hbond substituents is 1. The lowest BCUT2D eigenvalue weighted by Gasteiger charge is -2.31. The molecule has 0 spiro atoms. The molecule has 3 aromatic carbocycles. The highest BCUT2D eigenvalue weighted by molar-refractivity contribution is 7.89. The molecule has 8 nitrogen and oxygen atoms in total. The molecule has 3 aromatic rings. The van der Waals surface area contributed by atoms with Gasteiger partial charge in [0, 0.05) is 18.7 Å². The van der Waals surface area contributed by atoms with Crippen molar-refractivity contribution < 1.29 is 28.2 Å². The quantitative estimate of drug-likeness (QED) is 0.303. The van der Waals surface area contributed by atoms with Gasteiger partial charge in [-0.3, -0.25) is 4.79 Å². The first-order chi connectivity index (χ1) is 18.1. The van der Waals surface area contributed by atoms with Crippen molar-refractivity contribution >= 4 is 15.9 Å². The van der Waals surface area contributed by atoms with Gasteiger partial charge in [-0.15, -0.1) is 0 Å². The Morgan fingerprint density at radius 1 is 1.00 bits per heavy atom. The molecule has 204 valence electrons. The lowest BCUT2D eigenvalue weighted by Crippen LogP contribution is -2.51. The van der Waals surface area contributed by atoms with Crippen LogP contribution in [0.1, 0.15) is 36.2 Å². The van der Waals surface area contributed by atoms with E-state index in [1.54, 1.807) is 24.3 Å². The number of carbonyl (C=O) groups is 1. The summed E-state index contributed by atoms with van der Waals surface area (Å²) < 4.78 is 33.7. The lowest BCUT2D eigenvalue weighted by molar-refractivity contribution is 0.0773. The van der Waals surface area contributed by atoms with Crippen molar-refractivity contribution in [2.24, 2.45) is 5.92 Å². The number of benzene rings is 3. The molecule has 0 bridgehead atoms. The SMILES string of the molecule is CC[C@@H](C)CN(C[C@@H](O)[C@H](Cc1ccccc1)NC(=O)c1cccc(O)c1)S(=O)(=O)c1ccc(OC)cc1. The van der Waals surface area contributed by atoms with Crippen LogP contribution in [0.4, 0.5) is 0 Å². The molecule has 9 heteroatoms. The molecule has 0 heterocycles. The van der Waals surface area contributed by atoms with Gasteiger partial charge in [-0.05, 0) is 60.4 Å². The number of aliphatic hydroxyl groups is 1. The second kappa shape index (κ2) is 13.4. The van der Waals surface area contributed by atoms with Gasteiger partial charge < -0.3 is 20.3 Å². The van der Waals surface area contributed by atoms with Crippen LogP contribution >= 0.6 is 0 Å². The van der Waals surface area contributed by atoms with Crippen molar-refractivity contribution in [3.8, 4) is 11.5 Å². The first kappa shape index (κ1) is 29.2. The summed E-state index contributed by atoms with van der Waals surface area (Å²) in [5.41, 5.74) is 1.11. The van der Waals surface area contributed by atoms with Crippen LogP contribution in [0.25, 0.3) is 0 Å². The largest absolute Gasteiger partial charge is 0.508 e. The third-order valence-corrected chi connectivity index (χ3v) is 8.33. The minimum Gasteiger partial charge on any atom is -0.508 e. The molecule has 0 saturated carbocycles. The number of aliphatic hydroxyl groups excluding tert-OH is 1. The van der Waals surface area contributed by atoms with Crippen LogP contribution in [0, 0.1) is 5.92 Å². The number of hydrogen-bond acceptors (Lipinski definition) is 6. The maximum Gasteiger partial charge on any atom is 0.251 e. The van der Waals surface area contributed by atoms with Gasteiger partial charge in [0.25, 0.3) is 5.91 Å². The monoisotopic (exact) mass is 540 g/mol. The van der Waals surface area contributed by atoms with Gasteiger partial charge in [-0.2, -0.15) is 4.31 Å². The third-order valence-electron chi connectivity index (χ3n) is 6.49. The summed E-state index contributed by atoms with van der Waals surface area (Å²) in [6, 6.07) is 20.6.